The van der Waals surface area contributed by atoms with E-state index < -0.39 is 5.54 Å². The Morgan fingerprint density at radius 2 is 1.94 bits per heavy atom. The lowest BCUT2D eigenvalue weighted by molar-refractivity contribution is -0.124. The lowest BCUT2D eigenvalue weighted by Crippen LogP contribution is -2.43. The van der Waals surface area contributed by atoms with E-state index in [0.717, 1.165) is 5.56 Å². The molecule has 1 fully saturated rings. The zero-order valence-corrected chi connectivity index (χ0v) is 10.2. The maximum absolute atomic E-state index is 12.2. The molecule has 1 aliphatic rings. The van der Waals surface area contributed by atoms with Crippen molar-refractivity contribution in [1.29, 1.82) is 0 Å². The van der Waals surface area contributed by atoms with Gasteiger partial charge in [-0.25, -0.2) is 0 Å². The Morgan fingerprint density at radius 3 is 2.53 bits per heavy atom. The summed E-state index contributed by atoms with van der Waals surface area (Å²) in [6.07, 6.45) is 0.686. The highest BCUT2D eigenvalue weighted by Gasteiger charge is 2.44. The maximum Gasteiger partial charge on any atom is 0.257 e. The van der Waals surface area contributed by atoms with Gasteiger partial charge in [0.25, 0.3) is 5.91 Å². The van der Waals surface area contributed by atoms with Gasteiger partial charge in [0.2, 0.25) is 0 Å². The summed E-state index contributed by atoms with van der Waals surface area (Å²) in [6, 6.07) is 9.75. The fourth-order valence-electron chi connectivity index (χ4n) is 2.12. The third kappa shape index (κ3) is 1.90. The molecule has 2 N–H and O–H groups in total. The van der Waals surface area contributed by atoms with Crippen molar-refractivity contribution in [2.24, 2.45) is 4.99 Å². The number of benzene rings is 1. The van der Waals surface area contributed by atoms with E-state index in [1.807, 2.05) is 44.2 Å². The topological polar surface area (TPSA) is 53.5 Å². The van der Waals surface area contributed by atoms with Gasteiger partial charge >= 0.3 is 0 Å². The second kappa shape index (κ2) is 4.57. The Labute approximate surface area is 101 Å². The number of hydrogen-bond acceptors (Lipinski definition) is 2. The van der Waals surface area contributed by atoms with E-state index >= 15 is 0 Å². The van der Waals surface area contributed by atoms with Gasteiger partial charge in [-0.2, -0.15) is 0 Å². The largest absolute Gasteiger partial charge is 0.338 e. The quantitative estimate of drug-likeness (QED) is 0.826. The van der Waals surface area contributed by atoms with Gasteiger partial charge in [0.05, 0.1) is 0 Å². The molecule has 1 unspecified atom stereocenters. The van der Waals surface area contributed by atoms with Crippen LogP contribution in [0, 0.1) is 0 Å². The summed E-state index contributed by atoms with van der Waals surface area (Å²) in [4.78, 5) is 16.4. The zero-order valence-electron chi connectivity index (χ0n) is 10.2. The van der Waals surface area contributed by atoms with E-state index in [1.165, 1.54) is 0 Å². The van der Waals surface area contributed by atoms with Crippen LogP contribution < -0.4 is 10.6 Å². The number of nitrogens with one attached hydrogen (secondary N) is 2. The molecule has 0 aliphatic carbocycles. The molecule has 1 aromatic rings. The van der Waals surface area contributed by atoms with Crippen molar-refractivity contribution in [1.82, 2.24) is 10.6 Å². The molecule has 1 aliphatic heterocycles. The number of aliphatic imine (C=N–C) groups is 1. The van der Waals surface area contributed by atoms with Crippen LogP contribution in [0.15, 0.2) is 35.3 Å². The van der Waals surface area contributed by atoms with Crippen LogP contribution in [0.2, 0.25) is 0 Å². The first-order valence-electron chi connectivity index (χ1n) is 5.92. The Kier molecular flexibility index (Phi) is 3.13. The number of hydrogen-bond donors (Lipinski definition) is 2. The molecule has 1 aromatic carbocycles. The lowest BCUT2D eigenvalue weighted by atomic mass is 9.87. The van der Waals surface area contributed by atoms with Gasteiger partial charge in [0, 0.05) is 6.54 Å². The van der Waals surface area contributed by atoms with E-state index in [0.29, 0.717) is 18.9 Å². The third-order valence-electron chi connectivity index (χ3n) is 3.06. The molecule has 4 nitrogen and oxygen atoms in total. The standard InChI is InChI=1S/C13H17N3O/c1-3-13(10-8-6-5-7-9-10)11(17)15-12(16-13)14-4-2/h5-9H,3-4H2,1-2H3,(H2,14,15,16,17). The van der Waals surface area contributed by atoms with Gasteiger partial charge in [-0.3, -0.25) is 15.1 Å². The molecule has 1 atom stereocenters. The molecule has 1 heterocycles. The Hall–Kier alpha value is -1.84. The van der Waals surface area contributed by atoms with Crippen LogP contribution in [0.5, 0.6) is 0 Å². The number of amides is 1. The summed E-state index contributed by atoms with van der Waals surface area (Å²) in [5.74, 6) is 0.543. The van der Waals surface area contributed by atoms with Crippen molar-refractivity contribution in [2.45, 2.75) is 25.8 Å². The van der Waals surface area contributed by atoms with Crippen molar-refractivity contribution < 1.29 is 4.79 Å². The van der Waals surface area contributed by atoms with E-state index in [2.05, 4.69) is 15.6 Å². The second-order valence-electron chi connectivity index (χ2n) is 4.03. The van der Waals surface area contributed by atoms with Crippen molar-refractivity contribution in [3.05, 3.63) is 35.9 Å². The molecule has 0 saturated carbocycles. The van der Waals surface area contributed by atoms with Crippen LogP contribution in [0.3, 0.4) is 0 Å². The number of rotatable bonds is 3. The predicted molar refractivity (Wildman–Crippen MR) is 67.7 cm³/mol. The summed E-state index contributed by atoms with van der Waals surface area (Å²) >= 11 is 0. The SMILES string of the molecule is CCN=C1NC(=O)C(CC)(c2ccccc2)N1. The van der Waals surface area contributed by atoms with Gasteiger partial charge in [0.1, 0.15) is 5.54 Å². The van der Waals surface area contributed by atoms with Crippen molar-refractivity contribution in [3.8, 4) is 0 Å². The maximum atomic E-state index is 12.2. The van der Waals surface area contributed by atoms with Crippen LogP contribution in [-0.4, -0.2) is 18.4 Å². The average Bonchev–Trinajstić information content (AvgIpc) is 2.68. The van der Waals surface area contributed by atoms with Crippen molar-refractivity contribution in [2.75, 3.05) is 6.54 Å². The first-order valence-corrected chi connectivity index (χ1v) is 5.92. The van der Waals surface area contributed by atoms with Gasteiger partial charge in [-0.1, -0.05) is 37.3 Å². The highest BCUT2D eigenvalue weighted by Crippen LogP contribution is 2.27. The van der Waals surface area contributed by atoms with Crippen LogP contribution in [0.4, 0.5) is 0 Å². The number of guanidine groups is 1. The molecule has 0 bridgehead atoms. The summed E-state index contributed by atoms with van der Waals surface area (Å²) in [7, 11) is 0. The summed E-state index contributed by atoms with van der Waals surface area (Å²) < 4.78 is 0. The molecule has 0 radical (unpaired) electrons. The number of nitrogens with zero attached hydrogens (tertiary/aromatic N) is 1. The monoisotopic (exact) mass is 231 g/mol. The molecule has 17 heavy (non-hydrogen) atoms. The number of carbonyl (C=O) groups excluding carboxylic acids is 1. The highest BCUT2D eigenvalue weighted by atomic mass is 16.2. The molecule has 2 rings (SSSR count). The van der Waals surface area contributed by atoms with Crippen LogP contribution in [-0.2, 0) is 10.3 Å². The van der Waals surface area contributed by atoms with E-state index in [1.54, 1.807) is 0 Å². The second-order valence-corrected chi connectivity index (χ2v) is 4.03. The van der Waals surface area contributed by atoms with Gasteiger partial charge in [-0.15, -0.1) is 0 Å². The molecular formula is C13H17N3O. The average molecular weight is 231 g/mol. The summed E-state index contributed by atoms with van der Waals surface area (Å²) in [5.41, 5.74) is 0.302. The third-order valence-corrected chi connectivity index (χ3v) is 3.06. The van der Waals surface area contributed by atoms with Crippen molar-refractivity contribution >= 4 is 11.9 Å². The van der Waals surface area contributed by atoms with Gasteiger partial charge in [0.15, 0.2) is 5.96 Å². The highest BCUT2D eigenvalue weighted by molar-refractivity contribution is 6.09. The normalized spacial score (nSPS) is 25.8. The van der Waals surface area contributed by atoms with E-state index in [4.69, 9.17) is 0 Å². The van der Waals surface area contributed by atoms with Crippen molar-refractivity contribution in [3.63, 3.8) is 0 Å². The van der Waals surface area contributed by atoms with E-state index in [9.17, 15) is 4.79 Å². The molecule has 1 saturated heterocycles. The Bertz CT molecular complexity index is 441. The molecule has 90 valence electrons. The Morgan fingerprint density at radius 1 is 1.24 bits per heavy atom. The first-order chi connectivity index (χ1) is 8.23. The zero-order chi connectivity index (χ0) is 12.3. The fourth-order valence-corrected chi connectivity index (χ4v) is 2.12. The minimum atomic E-state index is -0.671. The molecule has 1 amide bonds. The van der Waals surface area contributed by atoms with Crippen LogP contribution >= 0.6 is 0 Å². The predicted octanol–water partition coefficient (Wildman–Crippen LogP) is 1.39. The fraction of sp³-hybridized carbons (Fsp3) is 0.385. The smallest absolute Gasteiger partial charge is 0.257 e. The molecular weight excluding hydrogens is 214 g/mol. The van der Waals surface area contributed by atoms with Crippen LogP contribution in [0.25, 0.3) is 0 Å². The lowest BCUT2D eigenvalue weighted by Gasteiger charge is -2.25. The molecule has 0 aromatic heterocycles. The summed E-state index contributed by atoms with van der Waals surface area (Å²) in [6.45, 7) is 4.58. The Balaban J connectivity index is 2.40. The van der Waals surface area contributed by atoms with E-state index in [-0.39, 0.29) is 5.91 Å². The summed E-state index contributed by atoms with van der Waals surface area (Å²) in [5, 5.41) is 6.01. The minimum absolute atomic E-state index is 0.0293. The van der Waals surface area contributed by atoms with Crippen LogP contribution in [0.1, 0.15) is 25.8 Å². The first kappa shape index (κ1) is 11.6. The number of carbonyl (C=O) groups is 1. The van der Waals surface area contributed by atoms with Gasteiger partial charge in [-0.05, 0) is 18.9 Å². The molecule has 0 spiro atoms. The minimum Gasteiger partial charge on any atom is -0.338 e. The van der Waals surface area contributed by atoms with Gasteiger partial charge < -0.3 is 5.32 Å². The molecule has 4 heteroatoms.